The Kier molecular flexibility index (Phi) is 5.70. The van der Waals surface area contributed by atoms with Crippen molar-refractivity contribution in [3.63, 3.8) is 0 Å². The van der Waals surface area contributed by atoms with E-state index in [0.29, 0.717) is 31.9 Å². The van der Waals surface area contributed by atoms with E-state index < -0.39 is 5.60 Å². The Morgan fingerprint density at radius 2 is 2.12 bits per heavy atom. The molecule has 140 valence electrons. The van der Waals surface area contributed by atoms with Crippen LogP contribution in [0.5, 0.6) is 0 Å². The zero-order valence-electron chi connectivity index (χ0n) is 15.3. The smallest absolute Gasteiger partial charge is 0.239 e. The van der Waals surface area contributed by atoms with Crippen molar-refractivity contribution in [1.82, 2.24) is 14.7 Å². The summed E-state index contributed by atoms with van der Waals surface area (Å²) in [4.78, 5) is 14.3. The van der Waals surface area contributed by atoms with Gasteiger partial charge >= 0.3 is 0 Å². The molecular weight excluding hydrogens is 332 g/mol. The van der Waals surface area contributed by atoms with Gasteiger partial charge in [-0.25, -0.2) is 0 Å². The SMILES string of the molecule is Cc1ccc(C[C@]2(CO)CN(CC(=O)Nc3ccn(C)n3)CCO2)cc1. The molecule has 0 bridgehead atoms. The number of benzene rings is 1. The van der Waals surface area contributed by atoms with Gasteiger partial charge in [0.15, 0.2) is 5.82 Å². The number of aromatic nitrogens is 2. The van der Waals surface area contributed by atoms with Gasteiger partial charge in [-0.15, -0.1) is 0 Å². The van der Waals surface area contributed by atoms with Gasteiger partial charge < -0.3 is 15.2 Å². The molecule has 1 aliphatic rings. The number of rotatable bonds is 6. The average molecular weight is 358 g/mol. The molecule has 0 saturated carbocycles. The summed E-state index contributed by atoms with van der Waals surface area (Å²) < 4.78 is 7.58. The lowest BCUT2D eigenvalue weighted by Crippen LogP contribution is -2.56. The number of nitrogens with zero attached hydrogens (tertiary/aromatic N) is 3. The van der Waals surface area contributed by atoms with Crippen LogP contribution in [0.25, 0.3) is 0 Å². The molecule has 0 spiro atoms. The number of aliphatic hydroxyl groups excluding tert-OH is 1. The number of ether oxygens (including phenoxy) is 1. The Morgan fingerprint density at radius 1 is 1.35 bits per heavy atom. The summed E-state index contributed by atoms with van der Waals surface area (Å²) in [5, 5.41) is 16.9. The van der Waals surface area contributed by atoms with Gasteiger partial charge in [0.05, 0.1) is 19.8 Å². The Morgan fingerprint density at radius 3 is 2.77 bits per heavy atom. The van der Waals surface area contributed by atoms with Crippen molar-refractivity contribution in [2.75, 3.05) is 38.2 Å². The first-order valence-electron chi connectivity index (χ1n) is 8.80. The Balaban J connectivity index is 1.60. The Bertz CT molecular complexity index is 743. The third-order valence-corrected chi connectivity index (χ3v) is 4.61. The average Bonchev–Trinajstić information content (AvgIpc) is 3.02. The molecule has 1 aromatic heterocycles. The highest BCUT2D eigenvalue weighted by Gasteiger charge is 2.37. The van der Waals surface area contributed by atoms with Crippen molar-refractivity contribution < 1.29 is 14.6 Å². The quantitative estimate of drug-likeness (QED) is 0.805. The van der Waals surface area contributed by atoms with E-state index in [-0.39, 0.29) is 19.1 Å². The van der Waals surface area contributed by atoms with Crippen LogP contribution in [0, 0.1) is 6.92 Å². The molecule has 2 N–H and O–H groups in total. The number of carbonyl (C=O) groups is 1. The summed E-state index contributed by atoms with van der Waals surface area (Å²) in [6.45, 7) is 3.86. The summed E-state index contributed by atoms with van der Waals surface area (Å²) in [5.74, 6) is 0.423. The lowest BCUT2D eigenvalue weighted by molar-refractivity contribution is -0.138. The van der Waals surface area contributed by atoms with E-state index in [0.717, 1.165) is 5.56 Å². The Labute approximate surface area is 153 Å². The second kappa shape index (κ2) is 7.99. The number of morpholine rings is 1. The minimum atomic E-state index is -0.682. The fraction of sp³-hybridized carbons (Fsp3) is 0.474. The maximum absolute atomic E-state index is 12.3. The number of nitrogens with one attached hydrogen (secondary N) is 1. The van der Waals surface area contributed by atoms with E-state index in [1.165, 1.54) is 5.56 Å². The third kappa shape index (κ3) is 4.69. The molecule has 0 unspecified atom stereocenters. The molecule has 1 fully saturated rings. The van der Waals surface area contributed by atoms with Crippen LogP contribution in [0.3, 0.4) is 0 Å². The van der Waals surface area contributed by atoms with E-state index in [1.54, 1.807) is 24.0 Å². The van der Waals surface area contributed by atoms with Gasteiger partial charge in [0.25, 0.3) is 0 Å². The first-order chi connectivity index (χ1) is 12.5. The lowest BCUT2D eigenvalue weighted by Gasteiger charge is -2.41. The topological polar surface area (TPSA) is 79.6 Å². The molecule has 3 rings (SSSR count). The molecule has 7 heteroatoms. The molecule has 0 radical (unpaired) electrons. The normalized spacial score (nSPS) is 20.9. The fourth-order valence-corrected chi connectivity index (χ4v) is 3.26. The zero-order chi connectivity index (χ0) is 18.6. The van der Waals surface area contributed by atoms with Crippen molar-refractivity contribution in [3.8, 4) is 0 Å². The summed E-state index contributed by atoms with van der Waals surface area (Å²) in [7, 11) is 1.80. The standard InChI is InChI=1S/C19H26N4O3/c1-15-3-5-16(6-4-15)11-19(14-24)13-23(9-10-26-19)12-18(25)20-17-7-8-22(2)21-17/h3-8,24H,9-14H2,1-2H3,(H,20,21,25)/t19-/m1/s1. The first kappa shape index (κ1) is 18.6. The number of aliphatic hydroxyl groups is 1. The summed E-state index contributed by atoms with van der Waals surface area (Å²) in [6, 6.07) is 9.99. The third-order valence-electron chi connectivity index (χ3n) is 4.61. The van der Waals surface area contributed by atoms with Crippen LogP contribution in [0.15, 0.2) is 36.5 Å². The number of hydrogen-bond donors (Lipinski definition) is 2. The highest BCUT2D eigenvalue weighted by atomic mass is 16.5. The van der Waals surface area contributed by atoms with Crippen LogP contribution in [0.1, 0.15) is 11.1 Å². The molecule has 1 atom stereocenters. The van der Waals surface area contributed by atoms with Gasteiger partial charge in [-0.2, -0.15) is 5.10 Å². The van der Waals surface area contributed by atoms with E-state index in [1.807, 2.05) is 11.8 Å². The summed E-state index contributed by atoms with van der Waals surface area (Å²) in [5.41, 5.74) is 1.63. The number of carbonyl (C=O) groups excluding carboxylic acids is 1. The van der Waals surface area contributed by atoms with Gasteiger partial charge in [0, 0.05) is 38.8 Å². The second-order valence-corrected chi connectivity index (χ2v) is 6.99. The molecule has 1 amide bonds. The van der Waals surface area contributed by atoms with Crippen molar-refractivity contribution in [2.24, 2.45) is 7.05 Å². The Hall–Kier alpha value is -2.22. The van der Waals surface area contributed by atoms with Crippen LogP contribution < -0.4 is 5.32 Å². The predicted molar refractivity (Wildman–Crippen MR) is 98.9 cm³/mol. The maximum Gasteiger partial charge on any atom is 0.239 e. The molecule has 2 heterocycles. The maximum atomic E-state index is 12.3. The van der Waals surface area contributed by atoms with Gasteiger partial charge in [0.1, 0.15) is 5.60 Å². The second-order valence-electron chi connectivity index (χ2n) is 6.99. The minimum absolute atomic E-state index is 0.0841. The van der Waals surface area contributed by atoms with Gasteiger partial charge in [-0.1, -0.05) is 29.8 Å². The largest absolute Gasteiger partial charge is 0.393 e. The predicted octanol–water partition coefficient (Wildman–Crippen LogP) is 0.973. The van der Waals surface area contributed by atoms with Crippen LogP contribution in [0.2, 0.25) is 0 Å². The molecule has 26 heavy (non-hydrogen) atoms. The minimum Gasteiger partial charge on any atom is -0.393 e. The summed E-state index contributed by atoms with van der Waals surface area (Å²) >= 11 is 0. The van der Waals surface area contributed by atoms with Crippen molar-refractivity contribution >= 4 is 11.7 Å². The number of amides is 1. The highest BCUT2D eigenvalue weighted by Crippen LogP contribution is 2.23. The molecule has 2 aromatic rings. The monoisotopic (exact) mass is 358 g/mol. The summed E-state index contributed by atoms with van der Waals surface area (Å²) in [6.07, 6.45) is 2.39. The van der Waals surface area contributed by atoms with Gasteiger partial charge in [-0.05, 0) is 12.5 Å². The van der Waals surface area contributed by atoms with E-state index >= 15 is 0 Å². The van der Waals surface area contributed by atoms with Crippen molar-refractivity contribution in [2.45, 2.75) is 18.9 Å². The molecule has 7 nitrogen and oxygen atoms in total. The van der Waals surface area contributed by atoms with Gasteiger partial charge in [-0.3, -0.25) is 14.4 Å². The van der Waals surface area contributed by atoms with Crippen LogP contribution in [0.4, 0.5) is 5.82 Å². The van der Waals surface area contributed by atoms with Crippen LogP contribution in [-0.4, -0.2) is 64.1 Å². The highest BCUT2D eigenvalue weighted by molar-refractivity contribution is 5.91. The molecule has 0 aliphatic carbocycles. The fourth-order valence-electron chi connectivity index (χ4n) is 3.26. The van der Waals surface area contributed by atoms with Gasteiger partial charge in [0.2, 0.25) is 5.91 Å². The molecular formula is C19H26N4O3. The van der Waals surface area contributed by atoms with E-state index in [9.17, 15) is 9.90 Å². The van der Waals surface area contributed by atoms with Crippen molar-refractivity contribution in [1.29, 1.82) is 0 Å². The number of anilines is 1. The zero-order valence-corrected chi connectivity index (χ0v) is 15.3. The number of hydrogen-bond acceptors (Lipinski definition) is 5. The molecule has 1 aliphatic heterocycles. The lowest BCUT2D eigenvalue weighted by atomic mass is 9.92. The molecule has 1 saturated heterocycles. The van der Waals surface area contributed by atoms with E-state index in [2.05, 4.69) is 34.7 Å². The van der Waals surface area contributed by atoms with Crippen LogP contribution in [-0.2, 0) is 23.0 Å². The first-order valence-corrected chi connectivity index (χ1v) is 8.80. The van der Waals surface area contributed by atoms with Crippen molar-refractivity contribution in [3.05, 3.63) is 47.7 Å². The van der Waals surface area contributed by atoms with E-state index in [4.69, 9.17) is 4.74 Å². The van der Waals surface area contributed by atoms with Crippen LogP contribution >= 0.6 is 0 Å². The molecule has 1 aromatic carbocycles. The number of aryl methyl sites for hydroxylation is 2.